The summed E-state index contributed by atoms with van der Waals surface area (Å²) in [5.41, 5.74) is 2.61. The number of methoxy groups -OCH3 is 1. The summed E-state index contributed by atoms with van der Waals surface area (Å²) in [5, 5.41) is 3.18. The molecule has 0 saturated carbocycles. The van der Waals surface area contributed by atoms with Crippen LogP contribution in [-0.2, 0) is 0 Å². The predicted molar refractivity (Wildman–Crippen MR) is 64.7 cm³/mol. The summed E-state index contributed by atoms with van der Waals surface area (Å²) in [7, 11) is 3.72. The van der Waals surface area contributed by atoms with E-state index in [0.717, 1.165) is 18.7 Å². The van der Waals surface area contributed by atoms with Gasteiger partial charge in [-0.25, -0.2) is 0 Å². The predicted octanol–water partition coefficient (Wildman–Crippen LogP) is 2.72. The van der Waals surface area contributed by atoms with Crippen LogP contribution < -0.4 is 10.1 Å². The van der Waals surface area contributed by atoms with Gasteiger partial charge in [0.2, 0.25) is 0 Å². The highest BCUT2D eigenvalue weighted by Gasteiger charge is 2.10. The lowest BCUT2D eigenvalue weighted by Crippen LogP contribution is -2.11. The first-order chi connectivity index (χ1) is 7.19. The molecule has 0 aliphatic heterocycles. The van der Waals surface area contributed by atoms with Gasteiger partial charge in [0.1, 0.15) is 5.75 Å². The van der Waals surface area contributed by atoms with E-state index in [-0.39, 0.29) is 0 Å². The molecule has 0 spiro atoms. The van der Waals surface area contributed by atoms with Crippen LogP contribution in [0.25, 0.3) is 0 Å². The molecule has 0 aliphatic carbocycles. The van der Waals surface area contributed by atoms with Gasteiger partial charge >= 0.3 is 0 Å². The van der Waals surface area contributed by atoms with Gasteiger partial charge in [-0.05, 0) is 44.5 Å². The molecule has 0 bridgehead atoms. The number of aryl methyl sites for hydroxylation is 1. The minimum atomic E-state index is 0.535. The molecular weight excluding hydrogens is 186 g/mol. The lowest BCUT2D eigenvalue weighted by Gasteiger charge is -2.16. The van der Waals surface area contributed by atoms with E-state index < -0.39 is 0 Å². The number of nitrogens with one attached hydrogen (secondary N) is 1. The van der Waals surface area contributed by atoms with Gasteiger partial charge in [-0.1, -0.05) is 24.6 Å². The molecule has 1 aromatic carbocycles. The summed E-state index contributed by atoms with van der Waals surface area (Å²) in [4.78, 5) is 0. The molecule has 1 rings (SSSR count). The second-order valence-corrected chi connectivity index (χ2v) is 4.04. The molecule has 2 heteroatoms. The maximum atomic E-state index is 5.38. The summed E-state index contributed by atoms with van der Waals surface area (Å²) in [5.74, 6) is 1.54. The van der Waals surface area contributed by atoms with Gasteiger partial charge in [0, 0.05) is 0 Å². The molecule has 1 N–H and O–H groups in total. The van der Waals surface area contributed by atoms with Crippen molar-refractivity contribution in [3.8, 4) is 5.75 Å². The Labute approximate surface area is 92.6 Å². The molecule has 84 valence electrons. The van der Waals surface area contributed by atoms with Crippen molar-refractivity contribution in [2.45, 2.75) is 26.2 Å². The Morgan fingerprint density at radius 2 is 2.13 bits per heavy atom. The number of benzene rings is 1. The van der Waals surface area contributed by atoms with Crippen LogP contribution in [0.1, 0.15) is 30.4 Å². The van der Waals surface area contributed by atoms with Crippen molar-refractivity contribution in [2.24, 2.45) is 0 Å². The van der Waals surface area contributed by atoms with Crippen molar-refractivity contribution in [2.75, 3.05) is 20.7 Å². The molecule has 0 aromatic heterocycles. The molecule has 0 radical (unpaired) electrons. The van der Waals surface area contributed by atoms with Crippen molar-refractivity contribution in [1.82, 2.24) is 5.32 Å². The average Bonchev–Trinajstić information content (AvgIpc) is 2.25. The molecule has 0 amide bonds. The molecule has 0 fully saturated rings. The Kier molecular flexibility index (Phi) is 4.63. The van der Waals surface area contributed by atoms with E-state index >= 15 is 0 Å². The van der Waals surface area contributed by atoms with Crippen LogP contribution in [0.5, 0.6) is 5.75 Å². The molecule has 15 heavy (non-hydrogen) atoms. The highest BCUT2D eigenvalue weighted by molar-refractivity contribution is 5.39. The van der Waals surface area contributed by atoms with E-state index in [9.17, 15) is 0 Å². The lowest BCUT2D eigenvalue weighted by molar-refractivity contribution is 0.405. The SMILES string of the molecule is CNCCC(C)c1cc(C)ccc1OC. The van der Waals surface area contributed by atoms with E-state index in [1.165, 1.54) is 11.1 Å². The number of rotatable bonds is 5. The topological polar surface area (TPSA) is 21.3 Å². The largest absolute Gasteiger partial charge is 0.496 e. The molecular formula is C13H21NO. The number of hydrogen-bond acceptors (Lipinski definition) is 2. The van der Waals surface area contributed by atoms with Gasteiger partial charge in [-0.15, -0.1) is 0 Å². The molecule has 1 aromatic rings. The highest BCUT2D eigenvalue weighted by atomic mass is 16.5. The van der Waals surface area contributed by atoms with E-state index in [1.54, 1.807) is 7.11 Å². The normalized spacial score (nSPS) is 12.5. The van der Waals surface area contributed by atoms with E-state index in [1.807, 2.05) is 7.05 Å². The molecule has 1 atom stereocenters. The summed E-state index contributed by atoms with van der Waals surface area (Å²) < 4.78 is 5.38. The van der Waals surface area contributed by atoms with Crippen LogP contribution in [0, 0.1) is 6.92 Å². The smallest absolute Gasteiger partial charge is 0.122 e. The van der Waals surface area contributed by atoms with Crippen LogP contribution >= 0.6 is 0 Å². The van der Waals surface area contributed by atoms with Crippen LogP contribution in [-0.4, -0.2) is 20.7 Å². The highest BCUT2D eigenvalue weighted by Crippen LogP contribution is 2.29. The zero-order valence-electron chi connectivity index (χ0n) is 10.1. The minimum Gasteiger partial charge on any atom is -0.496 e. The van der Waals surface area contributed by atoms with Crippen LogP contribution in [0.3, 0.4) is 0 Å². The zero-order chi connectivity index (χ0) is 11.3. The van der Waals surface area contributed by atoms with Gasteiger partial charge in [0.25, 0.3) is 0 Å². The van der Waals surface area contributed by atoms with Crippen LogP contribution in [0.15, 0.2) is 18.2 Å². The fourth-order valence-corrected chi connectivity index (χ4v) is 1.76. The maximum Gasteiger partial charge on any atom is 0.122 e. The molecule has 2 nitrogen and oxygen atoms in total. The monoisotopic (exact) mass is 207 g/mol. The van der Waals surface area contributed by atoms with Crippen molar-refractivity contribution in [1.29, 1.82) is 0 Å². The Morgan fingerprint density at radius 3 is 2.73 bits per heavy atom. The standard InChI is InChI=1S/C13H21NO/c1-10-5-6-13(15-4)12(9-10)11(2)7-8-14-3/h5-6,9,11,14H,7-8H2,1-4H3. The van der Waals surface area contributed by atoms with Gasteiger partial charge in [-0.3, -0.25) is 0 Å². The van der Waals surface area contributed by atoms with E-state index in [0.29, 0.717) is 5.92 Å². The number of hydrogen-bond donors (Lipinski definition) is 1. The summed E-state index contributed by atoms with van der Waals surface area (Å²) in [6, 6.07) is 6.37. The molecule has 0 heterocycles. The molecule has 1 unspecified atom stereocenters. The van der Waals surface area contributed by atoms with Crippen molar-refractivity contribution >= 4 is 0 Å². The van der Waals surface area contributed by atoms with Crippen LogP contribution in [0.2, 0.25) is 0 Å². The van der Waals surface area contributed by atoms with Gasteiger partial charge in [-0.2, -0.15) is 0 Å². The van der Waals surface area contributed by atoms with Crippen molar-refractivity contribution < 1.29 is 4.74 Å². The number of ether oxygens (including phenoxy) is 1. The summed E-state index contributed by atoms with van der Waals surface area (Å²) >= 11 is 0. The summed E-state index contributed by atoms with van der Waals surface area (Å²) in [6.45, 7) is 5.40. The van der Waals surface area contributed by atoms with Gasteiger partial charge in [0.05, 0.1) is 7.11 Å². The summed E-state index contributed by atoms with van der Waals surface area (Å²) in [6.07, 6.45) is 1.14. The maximum absolute atomic E-state index is 5.38. The quantitative estimate of drug-likeness (QED) is 0.801. The average molecular weight is 207 g/mol. The van der Waals surface area contributed by atoms with Gasteiger partial charge < -0.3 is 10.1 Å². The first kappa shape index (κ1) is 12.1. The van der Waals surface area contributed by atoms with Gasteiger partial charge in [0.15, 0.2) is 0 Å². The second kappa shape index (κ2) is 5.76. The fraction of sp³-hybridized carbons (Fsp3) is 0.538. The Balaban J connectivity index is 2.85. The third-order valence-electron chi connectivity index (χ3n) is 2.74. The fourth-order valence-electron chi connectivity index (χ4n) is 1.76. The second-order valence-electron chi connectivity index (χ2n) is 4.04. The molecule has 0 saturated heterocycles. The Bertz CT molecular complexity index is 309. The zero-order valence-corrected chi connectivity index (χ0v) is 10.1. The Morgan fingerprint density at radius 1 is 1.40 bits per heavy atom. The van der Waals surface area contributed by atoms with E-state index in [4.69, 9.17) is 4.74 Å². The molecule has 0 aliphatic rings. The minimum absolute atomic E-state index is 0.535. The van der Waals surface area contributed by atoms with Crippen molar-refractivity contribution in [3.63, 3.8) is 0 Å². The van der Waals surface area contributed by atoms with E-state index in [2.05, 4.69) is 37.4 Å². The first-order valence-electron chi connectivity index (χ1n) is 5.48. The van der Waals surface area contributed by atoms with Crippen molar-refractivity contribution in [3.05, 3.63) is 29.3 Å². The third kappa shape index (κ3) is 3.24. The van der Waals surface area contributed by atoms with Crippen LogP contribution in [0.4, 0.5) is 0 Å². The Hall–Kier alpha value is -1.02. The first-order valence-corrected chi connectivity index (χ1v) is 5.48. The third-order valence-corrected chi connectivity index (χ3v) is 2.74. The lowest BCUT2D eigenvalue weighted by atomic mass is 9.95.